The van der Waals surface area contributed by atoms with E-state index < -0.39 is 11.6 Å². The molecule has 1 fully saturated rings. The Kier molecular flexibility index (Phi) is 4.51. The molecular formula is C14H20N2O4S. The monoisotopic (exact) mass is 312 g/mol. The molecule has 1 aliphatic heterocycles. The Labute approximate surface area is 128 Å². The predicted molar refractivity (Wildman–Crippen MR) is 78.6 cm³/mol. The SMILES string of the molecule is COC(=O)c1nc(C2CCN(C(=O)OC(C)(C)C)C2)cs1. The van der Waals surface area contributed by atoms with Gasteiger partial charge in [0.15, 0.2) is 0 Å². The molecule has 7 heteroatoms. The van der Waals surface area contributed by atoms with E-state index in [1.165, 1.54) is 18.4 Å². The van der Waals surface area contributed by atoms with Crippen molar-refractivity contribution in [2.45, 2.75) is 38.7 Å². The van der Waals surface area contributed by atoms with Gasteiger partial charge in [0.1, 0.15) is 5.60 Å². The van der Waals surface area contributed by atoms with Crippen molar-refractivity contribution >= 4 is 23.4 Å². The summed E-state index contributed by atoms with van der Waals surface area (Å²) in [6.07, 6.45) is 0.525. The normalized spacial score (nSPS) is 18.7. The summed E-state index contributed by atoms with van der Waals surface area (Å²) in [4.78, 5) is 29.4. The topological polar surface area (TPSA) is 68.7 Å². The second-order valence-electron chi connectivity index (χ2n) is 5.98. The first-order valence-electron chi connectivity index (χ1n) is 6.82. The first-order valence-corrected chi connectivity index (χ1v) is 7.70. The molecule has 1 atom stereocenters. The third-order valence-corrected chi connectivity index (χ3v) is 3.98. The quantitative estimate of drug-likeness (QED) is 0.785. The molecule has 1 aromatic rings. The standard InChI is InChI=1S/C14H20N2O4S/c1-14(2,3)20-13(18)16-6-5-9(7-16)10-8-21-11(15-10)12(17)19-4/h8-9H,5-7H2,1-4H3. The fraction of sp³-hybridized carbons (Fsp3) is 0.643. The van der Waals surface area contributed by atoms with Gasteiger partial charge in [0.2, 0.25) is 5.01 Å². The number of thiazole rings is 1. The number of aromatic nitrogens is 1. The van der Waals surface area contributed by atoms with Crippen LogP contribution in [0, 0.1) is 0 Å². The minimum atomic E-state index is -0.492. The zero-order valence-electron chi connectivity index (χ0n) is 12.7. The molecule has 2 rings (SSSR count). The highest BCUT2D eigenvalue weighted by atomic mass is 32.1. The molecule has 6 nitrogen and oxygen atoms in total. The minimum absolute atomic E-state index is 0.146. The van der Waals surface area contributed by atoms with Crippen LogP contribution in [0.25, 0.3) is 0 Å². The van der Waals surface area contributed by atoms with Gasteiger partial charge in [0.25, 0.3) is 0 Å². The third kappa shape index (κ3) is 3.93. The van der Waals surface area contributed by atoms with E-state index >= 15 is 0 Å². The number of rotatable bonds is 2. The van der Waals surface area contributed by atoms with Crippen LogP contribution in [0.3, 0.4) is 0 Å². The van der Waals surface area contributed by atoms with E-state index in [2.05, 4.69) is 9.72 Å². The van der Waals surface area contributed by atoms with E-state index in [0.717, 1.165) is 12.1 Å². The number of nitrogens with zero attached hydrogens (tertiary/aromatic N) is 2. The second-order valence-corrected chi connectivity index (χ2v) is 6.84. The summed E-state index contributed by atoms with van der Waals surface area (Å²) in [6, 6.07) is 0. The summed E-state index contributed by atoms with van der Waals surface area (Å²) in [6.45, 7) is 6.76. The number of likely N-dealkylation sites (tertiary alicyclic amines) is 1. The minimum Gasteiger partial charge on any atom is -0.464 e. The van der Waals surface area contributed by atoms with E-state index in [1.54, 1.807) is 4.90 Å². The van der Waals surface area contributed by atoms with Crippen molar-refractivity contribution in [3.8, 4) is 0 Å². The lowest BCUT2D eigenvalue weighted by Crippen LogP contribution is -2.35. The molecular weight excluding hydrogens is 292 g/mol. The molecule has 0 spiro atoms. The van der Waals surface area contributed by atoms with Gasteiger partial charge in [0, 0.05) is 24.4 Å². The number of methoxy groups -OCH3 is 1. The van der Waals surface area contributed by atoms with Crippen molar-refractivity contribution in [3.05, 3.63) is 16.1 Å². The van der Waals surface area contributed by atoms with Crippen molar-refractivity contribution in [1.82, 2.24) is 9.88 Å². The first kappa shape index (κ1) is 15.8. The van der Waals surface area contributed by atoms with E-state index in [-0.39, 0.29) is 12.0 Å². The maximum absolute atomic E-state index is 12.0. The van der Waals surface area contributed by atoms with Crippen molar-refractivity contribution in [3.63, 3.8) is 0 Å². The maximum atomic E-state index is 12.0. The Bertz CT molecular complexity index is 535. The van der Waals surface area contributed by atoms with Gasteiger partial charge in [-0.2, -0.15) is 0 Å². The van der Waals surface area contributed by atoms with Gasteiger partial charge in [-0.15, -0.1) is 11.3 Å². The van der Waals surface area contributed by atoms with Crippen molar-refractivity contribution in [2.75, 3.05) is 20.2 Å². The molecule has 1 saturated heterocycles. The lowest BCUT2D eigenvalue weighted by Gasteiger charge is -2.24. The summed E-state index contributed by atoms with van der Waals surface area (Å²) in [5.41, 5.74) is 0.347. The molecule has 1 aliphatic rings. The van der Waals surface area contributed by atoms with Gasteiger partial charge in [-0.1, -0.05) is 0 Å². The molecule has 0 aliphatic carbocycles. The molecule has 0 radical (unpaired) electrons. The zero-order chi connectivity index (χ0) is 15.6. The van der Waals surface area contributed by atoms with Crippen molar-refractivity contribution in [1.29, 1.82) is 0 Å². The zero-order valence-corrected chi connectivity index (χ0v) is 13.5. The van der Waals surface area contributed by atoms with Crippen LogP contribution in [0.2, 0.25) is 0 Å². The molecule has 0 bridgehead atoms. The van der Waals surface area contributed by atoms with Gasteiger partial charge in [0.05, 0.1) is 12.8 Å². The number of carbonyl (C=O) groups is 2. The third-order valence-electron chi connectivity index (χ3n) is 3.14. The van der Waals surface area contributed by atoms with Crippen LogP contribution < -0.4 is 0 Å². The highest BCUT2D eigenvalue weighted by Gasteiger charge is 2.32. The molecule has 116 valence electrons. The van der Waals surface area contributed by atoms with Gasteiger partial charge < -0.3 is 14.4 Å². The first-order chi connectivity index (χ1) is 9.80. The summed E-state index contributed by atoms with van der Waals surface area (Å²) in [5.74, 6) is -0.277. The largest absolute Gasteiger partial charge is 0.464 e. The molecule has 1 aromatic heterocycles. The van der Waals surface area contributed by atoms with Crippen LogP contribution in [0.15, 0.2) is 5.38 Å². The fourth-order valence-corrected chi connectivity index (χ4v) is 2.96. The Balaban J connectivity index is 1.97. The van der Waals surface area contributed by atoms with Gasteiger partial charge in [-0.3, -0.25) is 0 Å². The van der Waals surface area contributed by atoms with Crippen LogP contribution in [0.5, 0.6) is 0 Å². The van der Waals surface area contributed by atoms with Crippen LogP contribution in [-0.4, -0.2) is 47.7 Å². The van der Waals surface area contributed by atoms with Gasteiger partial charge in [-0.05, 0) is 27.2 Å². The van der Waals surface area contributed by atoms with Crippen molar-refractivity contribution < 1.29 is 19.1 Å². The molecule has 1 amide bonds. The lowest BCUT2D eigenvalue weighted by molar-refractivity contribution is 0.0292. The number of carbonyl (C=O) groups excluding carboxylic acids is 2. The number of amides is 1. The highest BCUT2D eigenvalue weighted by molar-refractivity contribution is 7.11. The molecule has 21 heavy (non-hydrogen) atoms. The Morgan fingerprint density at radius 3 is 2.76 bits per heavy atom. The Morgan fingerprint density at radius 2 is 2.14 bits per heavy atom. The van der Waals surface area contributed by atoms with Crippen LogP contribution in [-0.2, 0) is 9.47 Å². The van der Waals surface area contributed by atoms with Crippen LogP contribution >= 0.6 is 11.3 Å². The summed E-state index contributed by atoms with van der Waals surface area (Å²) < 4.78 is 10.0. The smallest absolute Gasteiger partial charge is 0.410 e. The van der Waals surface area contributed by atoms with E-state index in [0.29, 0.717) is 18.1 Å². The molecule has 1 unspecified atom stereocenters. The van der Waals surface area contributed by atoms with E-state index in [1.807, 2.05) is 26.2 Å². The average Bonchev–Trinajstić information content (AvgIpc) is 3.04. The highest BCUT2D eigenvalue weighted by Crippen LogP contribution is 2.29. The van der Waals surface area contributed by atoms with Crippen LogP contribution in [0.4, 0.5) is 4.79 Å². The Morgan fingerprint density at radius 1 is 1.43 bits per heavy atom. The summed E-state index contributed by atoms with van der Waals surface area (Å²) in [5, 5.41) is 2.21. The van der Waals surface area contributed by atoms with Gasteiger partial charge >= 0.3 is 12.1 Å². The number of esters is 1. The molecule has 2 heterocycles. The summed E-state index contributed by atoms with van der Waals surface area (Å²) >= 11 is 1.27. The number of hydrogen-bond donors (Lipinski definition) is 0. The maximum Gasteiger partial charge on any atom is 0.410 e. The van der Waals surface area contributed by atoms with Gasteiger partial charge in [-0.25, -0.2) is 14.6 Å². The fourth-order valence-electron chi connectivity index (χ4n) is 2.15. The Hall–Kier alpha value is -1.63. The van der Waals surface area contributed by atoms with E-state index in [4.69, 9.17) is 4.74 Å². The molecule has 0 saturated carbocycles. The number of ether oxygens (including phenoxy) is 2. The van der Waals surface area contributed by atoms with Crippen LogP contribution in [0.1, 0.15) is 48.6 Å². The van der Waals surface area contributed by atoms with Crippen molar-refractivity contribution in [2.24, 2.45) is 0 Å². The molecule has 0 N–H and O–H groups in total. The lowest BCUT2D eigenvalue weighted by atomic mass is 10.1. The second kappa shape index (κ2) is 6.01. The summed E-state index contributed by atoms with van der Waals surface area (Å²) in [7, 11) is 1.34. The average molecular weight is 312 g/mol. The molecule has 0 aromatic carbocycles. The van der Waals surface area contributed by atoms with E-state index in [9.17, 15) is 9.59 Å². The number of hydrogen-bond acceptors (Lipinski definition) is 6. The predicted octanol–water partition coefficient (Wildman–Crippen LogP) is 2.65.